The van der Waals surface area contributed by atoms with Crippen molar-refractivity contribution in [3.8, 4) is 0 Å². The SMILES string of the molecule is CCCC1(C)C=N1. The molecule has 0 aromatic rings. The summed E-state index contributed by atoms with van der Waals surface area (Å²) in [5.41, 5.74) is 0.300. The average Bonchev–Trinajstić information content (AvgIpc) is 2.22. The minimum atomic E-state index is 0.300. The van der Waals surface area contributed by atoms with Crippen molar-refractivity contribution in [2.24, 2.45) is 4.99 Å². The normalized spacial score (nSPS) is 36.3. The summed E-state index contributed by atoms with van der Waals surface area (Å²) in [5, 5.41) is 0. The van der Waals surface area contributed by atoms with E-state index in [0.29, 0.717) is 5.54 Å². The molecular weight excluding hydrogens is 86.1 g/mol. The van der Waals surface area contributed by atoms with E-state index in [4.69, 9.17) is 0 Å². The smallest absolute Gasteiger partial charge is 0.0922 e. The first-order valence-corrected chi connectivity index (χ1v) is 2.83. The van der Waals surface area contributed by atoms with E-state index in [1.807, 2.05) is 6.21 Å². The molecule has 0 bridgehead atoms. The molecule has 0 fully saturated rings. The first-order valence-electron chi connectivity index (χ1n) is 2.83. The predicted molar refractivity (Wildman–Crippen MR) is 31.8 cm³/mol. The van der Waals surface area contributed by atoms with E-state index in [0.717, 1.165) is 0 Å². The van der Waals surface area contributed by atoms with E-state index in [9.17, 15) is 0 Å². The van der Waals surface area contributed by atoms with Gasteiger partial charge in [0.2, 0.25) is 0 Å². The van der Waals surface area contributed by atoms with Crippen molar-refractivity contribution < 1.29 is 0 Å². The van der Waals surface area contributed by atoms with Crippen molar-refractivity contribution in [3.63, 3.8) is 0 Å². The van der Waals surface area contributed by atoms with Gasteiger partial charge in [0, 0.05) is 6.21 Å². The molecule has 1 aliphatic rings. The Labute approximate surface area is 44.5 Å². The van der Waals surface area contributed by atoms with Gasteiger partial charge in [-0.15, -0.1) is 0 Å². The molecule has 1 rings (SSSR count). The quantitative estimate of drug-likeness (QED) is 0.496. The van der Waals surface area contributed by atoms with E-state index < -0.39 is 0 Å². The van der Waals surface area contributed by atoms with Crippen LogP contribution in [0, 0.1) is 0 Å². The maximum atomic E-state index is 4.10. The van der Waals surface area contributed by atoms with Gasteiger partial charge in [0.1, 0.15) is 0 Å². The number of aliphatic imine (C=N–C) groups is 1. The van der Waals surface area contributed by atoms with Crippen LogP contribution in [0.25, 0.3) is 0 Å². The standard InChI is InChI=1S/C6H11N/c1-3-4-6(2)5-7-6/h5H,3-4H2,1-2H3. The predicted octanol–water partition coefficient (Wildman–Crippen LogP) is 1.63. The summed E-state index contributed by atoms with van der Waals surface area (Å²) in [6.45, 7) is 4.35. The highest BCUT2D eigenvalue weighted by Gasteiger charge is 2.28. The van der Waals surface area contributed by atoms with Crippen molar-refractivity contribution in [1.29, 1.82) is 0 Å². The lowest BCUT2D eigenvalue weighted by Gasteiger charge is -1.99. The molecule has 1 nitrogen and oxygen atoms in total. The Morgan fingerprint density at radius 2 is 2.29 bits per heavy atom. The number of hydrogen-bond donors (Lipinski definition) is 0. The zero-order valence-electron chi connectivity index (χ0n) is 4.94. The second-order valence-electron chi connectivity index (χ2n) is 2.37. The molecular formula is C6H11N. The van der Waals surface area contributed by atoms with Crippen LogP contribution in [0.4, 0.5) is 0 Å². The van der Waals surface area contributed by atoms with Crippen LogP contribution in [0.3, 0.4) is 0 Å². The molecule has 1 heterocycles. The maximum absolute atomic E-state index is 4.10. The van der Waals surface area contributed by atoms with Crippen LogP contribution in [0.15, 0.2) is 4.99 Å². The molecule has 0 aliphatic carbocycles. The van der Waals surface area contributed by atoms with Gasteiger partial charge in [0.25, 0.3) is 0 Å². The van der Waals surface area contributed by atoms with Crippen molar-refractivity contribution in [1.82, 2.24) is 0 Å². The summed E-state index contributed by atoms with van der Waals surface area (Å²) >= 11 is 0. The Balaban J connectivity index is 2.16. The Morgan fingerprint density at radius 1 is 1.71 bits per heavy atom. The van der Waals surface area contributed by atoms with Crippen LogP contribution < -0.4 is 0 Å². The summed E-state index contributed by atoms with van der Waals surface area (Å²) in [7, 11) is 0. The molecule has 0 saturated carbocycles. The van der Waals surface area contributed by atoms with Crippen molar-refractivity contribution in [2.45, 2.75) is 32.2 Å². The number of nitrogens with zero attached hydrogens (tertiary/aromatic N) is 1. The molecule has 0 N–H and O–H groups in total. The van der Waals surface area contributed by atoms with Gasteiger partial charge in [-0.1, -0.05) is 13.3 Å². The van der Waals surface area contributed by atoms with E-state index in [1.165, 1.54) is 12.8 Å². The molecule has 0 saturated heterocycles. The highest BCUT2D eigenvalue weighted by atomic mass is 15.0. The highest BCUT2D eigenvalue weighted by Crippen LogP contribution is 2.24. The zero-order valence-corrected chi connectivity index (χ0v) is 4.94. The Morgan fingerprint density at radius 3 is 2.43 bits per heavy atom. The lowest BCUT2D eigenvalue weighted by molar-refractivity contribution is 0.642. The highest BCUT2D eigenvalue weighted by molar-refractivity contribution is 5.83. The lowest BCUT2D eigenvalue weighted by atomic mass is 10.1. The molecule has 1 unspecified atom stereocenters. The van der Waals surface area contributed by atoms with Crippen LogP contribution in [-0.2, 0) is 0 Å². The third kappa shape index (κ3) is 1.02. The fourth-order valence-electron chi connectivity index (χ4n) is 0.745. The molecule has 0 amide bonds. The van der Waals surface area contributed by atoms with Crippen LogP contribution in [0.1, 0.15) is 26.7 Å². The van der Waals surface area contributed by atoms with Gasteiger partial charge in [-0.25, -0.2) is 0 Å². The third-order valence-corrected chi connectivity index (χ3v) is 1.33. The van der Waals surface area contributed by atoms with Crippen molar-refractivity contribution in [3.05, 3.63) is 0 Å². The third-order valence-electron chi connectivity index (χ3n) is 1.33. The molecule has 0 aromatic heterocycles. The van der Waals surface area contributed by atoms with Gasteiger partial charge in [-0.3, -0.25) is 4.99 Å². The van der Waals surface area contributed by atoms with Crippen LogP contribution in [0.2, 0.25) is 0 Å². The second kappa shape index (κ2) is 1.32. The minimum absolute atomic E-state index is 0.300. The molecule has 0 aromatic carbocycles. The van der Waals surface area contributed by atoms with Gasteiger partial charge in [-0.05, 0) is 13.3 Å². The van der Waals surface area contributed by atoms with E-state index in [1.54, 1.807) is 0 Å². The van der Waals surface area contributed by atoms with Crippen molar-refractivity contribution in [2.75, 3.05) is 0 Å². The van der Waals surface area contributed by atoms with Crippen molar-refractivity contribution >= 4 is 6.21 Å². The molecule has 1 aliphatic heterocycles. The van der Waals surface area contributed by atoms with Crippen LogP contribution in [-0.4, -0.2) is 11.8 Å². The van der Waals surface area contributed by atoms with Gasteiger partial charge >= 0.3 is 0 Å². The Kier molecular flexibility index (Phi) is 0.911. The fraction of sp³-hybridized carbons (Fsp3) is 0.833. The fourth-order valence-corrected chi connectivity index (χ4v) is 0.745. The number of hydrogen-bond acceptors (Lipinski definition) is 1. The zero-order chi connectivity index (χ0) is 5.33. The van der Waals surface area contributed by atoms with Gasteiger partial charge in [-0.2, -0.15) is 0 Å². The molecule has 40 valence electrons. The average molecular weight is 97.2 g/mol. The first-order chi connectivity index (χ1) is 3.27. The number of rotatable bonds is 2. The maximum Gasteiger partial charge on any atom is 0.0922 e. The summed E-state index contributed by atoms with van der Waals surface area (Å²) in [6, 6.07) is 0. The monoisotopic (exact) mass is 97.1 g/mol. The summed E-state index contributed by atoms with van der Waals surface area (Å²) < 4.78 is 0. The summed E-state index contributed by atoms with van der Waals surface area (Å²) in [6.07, 6.45) is 4.50. The van der Waals surface area contributed by atoms with Gasteiger partial charge in [0.05, 0.1) is 5.54 Å². The van der Waals surface area contributed by atoms with E-state index in [-0.39, 0.29) is 0 Å². The molecule has 1 heteroatoms. The summed E-state index contributed by atoms with van der Waals surface area (Å²) in [4.78, 5) is 4.10. The topological polar surface area (TPSA) is 12.4 Å². The van der Waals surface area contributed by atoms with Gasteiger partial charge in [0.15, 0.2) is 0 Å². The Hall–Kier alpha value is -0.330. The minimum Gasteiger partial charge on any atom is -0.283 e. The van der Waals surface area contributed by atoms with Gasteiger partial charge < -0.3 is 0 Å². The second-order valence-corrected chi connectivity index (χ2v) is 2.37. The molecule has 0 radical (unpaired) electrons. The summed E-state index contributed by atoms with van der Waals surface area (Å²) in [5.74, 6) is 0. The molecule has 0 spiro atoms. The largest absolute Gasteiger partial charge is 0.283 e. The van der Waals surface area contributed by atoms with Crippen LogP contribution >= 0.6 is 0 Å². The Bertz CT molecular complexity index is 88.4. The van der Waals surface area contributed by atoms with Crippen LogP contribution in [0.5, 0.6) is 0 Å². The lowest BCUT2D eigenvalue weighted by Crippen LogP contribution is -2.04. The first kappa shape index (κ1) is 4.82. The molecule has 1 atom stereocenters. The van der Waals surface area contributed by atoms with E-state index >= 15 is 0 Å². The molecule has 7 heavy (non-hydrogen) atoms. The van der Waals surface area contributed by atoms with E-state index in [2.05, 4.69) is 18.8 Å².